The van der Waals surface area contributed by atoms with Crippen LogP contribution in [0.2, 0.25) is 0 Å². The van der Waals surface area contributed by atoms with Gasteiger partial charge in [0, 0.05) is 11.8 Å². The van der Waals surface area contributed by atoms with Gasteiger partial charge in [-0.15, -0.1) is 0 Å². The molecule has 1 atom stereocenters. The first kappa shape index (κ1) is 16.0. The normalized spacial score (nSPS) is 16.0. The number of carbonyl (C=O) groups excluding carboxylic acids is 1. The number of ether oxygens (including phenoxy) is 2. The lowest BCUT2D eigenvalue weighted by Gasteiger charge is -2.25. The molecule has 0 aliphatic carbocycles. The van der Waals surface area contributed by atoms with Crippen LogP contribution in [0.1, 0.15) is 18.2 Å². The molecule has 2 N–H and O–H groups in total. The molecule has 0 radical (unpaired) electrons. The Morgan fingerprint density at radius 1 is 1.46 bits per heavy atom. The van der Waals surface area contributed by atoms with Gasteiger partial charge in [0.25, 0.3) is 0 Å². The Morgan fingerprint density at radius 2 is 2.29 bits per heavy atom. The zero-order valence-electron chi connectivity index (χ0n) is 13.6. The number of hydrogen-bond acceptors (Lipinski definition) is 5. The van der Waals surface area contributed by atoms with Crippen LogP contribution in [0.4, 0.5) is 5.82 Å². The van der Waals surface area contributed by atoms with Crippen LogP contribution in [0.5, 0.6) is 11.5 Å². The second kappa shape index (κ2) is 6.74. The average Bonchev–Trinajstić information content (AvgIpc) is 2.53. The first-order valence-corrected chi connectivity index (χ1v) is 7.82. The van der Waals surface area contributed by atoms with Crippen molar-refractivity contribution in [1.82, 2.24) is 9.97 Å². The number of aryl methyl sites for hydroxylation is 1. The summed E-state index contributed by atoms with van der Waals surface area (Å²) in [7, 11) is 0. The second-order valence-corrected chi connectivity index (χ2v) is 5.66. The fraction of sp³-hybridized carbons (Fsp3) is 0.353. The number of nitrogens with one attached hydrogen (secondary N) is 2. The van der Waals surface area contributed by atoms with Gasteiger partial charge in [-0.2, -0.15) is 4.98 Å². The zero-order valence-corrected chi connectivity index (χ0v) is 13.6. The van der Waals surface area contributed by atoms with Gasteiger partial charge < -0.3 is 19.8 Å². The number of aromatic nitrogens is 2. The molecule has 3 rings (SSSR count). The van der Waals surface area contributed by atoms with Crippen LogP contribution in [0, 0.1) is 12.8 Å². The molecule has 0 saturated heterocycles. The summed E-state index contributed by atoms with van der Waals surface area (Å²) in [6.45, 7) is 4.52. The number of nitrogens with zero attached hydrogens (tertiary/aromatic N) is 1. The predicted octanol–water partition coefficient (Wildman–Crippen LogP) is 1.67. The van der Waals surface area contributed by atoms with Gasteiger partial charge in [-0.1, -0.05) is 0 Å². The van der Waals surface area contributed by atoms with Crippen molar-refractivity contribution in [2.24, 2.45) is 5.92 Å². The largest absolute Gasteiger partial charge is 0.494 e. The lowest BCUT2D eigenvalue weighted by Crippen LogP contribution is -2.33. The summed E-state index contributed by atoms with van der Waals surface area (Å²) >= 11 is 0. The van der Waals surface area contributed by atoms with Gasteiger partial charge in [0.15, 0.2) is 0 Å². The Kier molecular flexibility index (Phi) is 4.50. The smallest absolute Gasteiger partial charge is 0.347 e. The first-order valence-electron chi connectivity index (χ1n) is 7.82. The van der Waals surface area contributed by atoms with Crippen LogP contribution < -0.4 is 20.5 Å². The molecule has 2 heterocycles. The number of hydrogen-bond donors (Lipinski definition) is 2. The van der Waals surface area contributed by atoms with Gasteiger partial charge in [0.2, 0.25) is 5.91 Å². The van der Waals surface area contributed by atoms with E-state index < -0.39 is 5.69 Å². The molecule has 7 heteroatoms. The Balaban J connectivity index is 1.73. The van der Waals surface area contributed by atoms with Crippen molar-refractivity contribution in [2.75, 3.05) is 18.5 Å². The Bertz CT molecular complexity index is 816. The summed E-state index contributed by atoms with van der Waals surface area (Å²) in [6, 6.07) is 7.22. The molecule has 0 bridgehead atoms. The van der Waals surface area contributed by atoms with Gasteiger partial charge in [0.05, 0.1) is 12.5 Å². The van der Waals surface area contributed by atoms with Crippen LogP contribution in [-0.2, 0) is 11.2 Å². The number of anilines is 1. The van der Waals surface area contributed by atoms with Crippen LogP contribution in [0.25, 0.3) is 0 Å². The van der Waals surface area contributed by atoms with E-state index in [2.05, 4.69) is 15.3 Å². The maximum absolute atomic E-state index is 12.4. The van der Waals surface area contributed by atoms with Gasteiger partial charge in [-0.25, -0.2) is 4.79 Å². The molecule has 24 heavy (non-hydrogen) atoms. The van der Waals surface area contributed by atoms with E-state index in [1.807, 2.05) is 25.1 Å². The van der Waals surface area contributed by atoms with E-state index in [1.165, 1.54) is 0 Å². The maximum atomic E-state index is 12.4. The van der Waals surface area contributed by atoms with E-state index in [0.717, 1.165) is 17.1 Å². The third-order valence-electron chi connectivity index (χ3n) is 3.75. The Morgan fingerprint density at radius 3 is 3.04 bits per heavy atom. The van der Waals surface area contributed by atoms with E-state index in [0.29, 0.717) is 18.7 Å². The van der Waals surface area contributed by atoms with Gasteiger partial charge >= 0.3 is 5.69 Å². The van der Waals surface area contributed by atoms with Crippen molar-refractivity contribution < 1.29 is 14.3 Å². The molecular weight excluding hydrogens is 310 g/mol. The molecule has 1 aromatic heterocycles. The van der Waals surface area contributed by atoms with Gasteiger partial charge in [-0.3, -0.25) is 4.79 Å². The highest BCUT2D eigenvalue weighted by Crippen LogP contribution is 2.31. The average molecular weight is 329 g/mol. The fourth-order valence-electron chi connectivity index (χ4n) is 2.67. The van der Waals surface area contributed by atoms with Crippen LogP contribution in [0.3, 0.4) is 0 Å². The van der Waals surface area contributed by atoms with Crippen LogP contribution >= 0.6 is 0 Å². The Labute approximate surface area is 139 Å². The molecule has 126 valence electrons. The van der Waals surface area contributed by atoms with E-state index in [9.17, 15) is 9.59 Å². The molecule has 0 fully saturated rings. The SMILES string of the molecule is CCOc1ccc2c(c1)C[C@@H](C(=O)Nc1cc(C)[nH]c(=O)n1)CO2. The molecule has 0 unspecified atom stereocenters. The molecular formula is C17H19N3O4. The monoisotopic (exact) mass is 329 g/mol. The standard InChI is InChI=1S/C17H19N3O4/c1-3-23-13-4-5-14-11(8-13)7-12(9-24-14)16(21)19-15-6-10(2)18-17(22)20-15/h4-6,8,12H,3,7,9H2,1-2H3,(H2,18,19,20,21,22)/t12-/m1/s1. The number of amides is 1. The van der Waals surface area contributed by atoms with Crippen molar-refractivity contribution in [2.45, 2.75) is 20.3 Å². The summed E-state index contributed by atoms with van der Waals surface area (Å²) in [4.78, 5) is 30.1. The maximum Gasteiger partial charge on any atom is 0.347 e. The molecule has 2 aromatic rings. The van der Waals surface area contributed by atoms with Crippen molar-refractivity contribution in [3.05, 3.63) is 46.0 Å². The van der Waals surface area contributed by atoms with Crippen molar-refractivity contribution >= 4 is 11.7 Å². The van der Waals surface area contributed by atoms with Crippen molar-refractivity contribution in [3.63, 3.8) is 0 Å². The highest BCUT2D eigenvalue weighted by molar-refractivity contribution is 5.92. The highest BCUT2D eigenvalue weighted by atomic mass is 16.5. The number of benzene rings is 1. The highest BCUT2D eigenvalue weighted by Gasteiger charge is 2.26. The first-order chi connectivity index (χ1) is 11.5. The third-order valence-corrected chi connectivity index (χ3v) is 3.75. The molecule has 1 aromatic carbocycles. The molecule has 1 aliphatic rings. The fourth-order valence-corrected chi connectivity index (χ4v) is 2.67. The quantitative estimate of drug-likeness (QED) is 0.890. The molecule has 1 amide bonds. The van der Waals surface area contributed by atoms with E-state index in [1.54, 1.807) is 13.0 Å². The van der Waals surface area contributed by atoms with Crippen molar-refractivity contribution in [3.8, 4) is 11.5 Å². The zero-order chi connectivity index (χ0) is 17.1. The number of aromatic amines is 1. The summed E-state index contributed by atoms with van der Waals surface area (Å²) in [5, 5.41) is 2.68. The minimum Gasteiger partial charge on any atom is -0.494 e. The van der Waals surface area contributed by atoms with E-state index in [-0.39, 0.29) is 24.2 Å². The van der Waals surface area contributed by atoms with Gasteiger partial charge in [0.1, 0.15) is 23.9 Å². The molecule has 7 nitrogen and oxygen atoms in total. The number of carbonyl (C=O) groups is 1. The lowest BCUT2D eigenvalue weighted by atomic mass is 9.96. The summed E-state index contributed by atoms with van der Waals surface area (Å²) in [5.74, 6) is 1.20. The molecule has 0 saturated carbocycles. The Hall–Kier alpha value is -2.83. The summed E-state index contributed by atoms with van der Waals surface area (Å²) in [6.07, 6.45) is 0.546. The van der Waals surface area contributed by atoms with Crippen LogP contribution in [0.15, 0.2) is 29.1 Å². The second-order valence-electron chi connectivity index (χ2n) is 5.66. The predicted molar refractivity (Wildman–Crippen MR) is 88.5 cm³/mol. The number of rotatable bonds is 4. The third kappa shape index (κ3) is 3.56. The van der Waals surface area contributed by atoms with Crippen LogP contribution in [-0.4, -0.2) is 29.1 Å². The topological polar surface area (TPSA) is 93.3 Å². The number of H-pyrrole nitrogens is 1. The minimum absolute atomic E-state index is 0.222. The minimum atomic E-state index is -0.489. The molecule has 1 aliphatic heterocycles. The molecule has 0 spiro atoms. The van der Waals surface area contributed by atoms with E-state index in [4.69, 9.17) is 9.47 Å². The van der Waals surface area contributed by atoms with Crippen molar-refractivity contribution in [1.29, 1.82) is 0 Å². The summed E-state index contributed by atoms with van der Waals surface area (Å²) in [5.41, 5.74) is 1.08. The lowest BCUT2D eigenvalue weighted by molar-refractivity contribution is -0.121. The summed E-state index contributed by atoms with van der Waals surface area (Å²) < 4.78 is 11.2. The van der Waals surface area contributed by atoms with Gasteiger partial charge in [-0.05, 0) is 44.0 Å². The van der Waals surface area contributed by atoms with E-state index >= 15 is 0 Å². The number of fused-ring (bicyclic) bond motifs is 1.